The van der Waals surface area contributed by atoms with Gasteiger partial charge in [-0.15, -0.1) is 0 Å². The molecule has 0 bridgehead atoms. The first-order valence-electron chi connectivity index (χ1n) is 6.80. The molecular weight excluding hydrogens is 239 g/mol. The Labute approximate surface area is 121 Å². The molecule has 3 aromatic rings. The van der Waals surface area contributed by atoms with Crippen molar-refractivity contribution in [3.8, 4) is 11.1 Å². The summed E-state index contributed by atoms with van der Waals surface area (Å²) in [5, 5.41) is 0. The van der Waals surface area contributed by atoms with Crippen LogP contribution < -0.4 is 5.46 Å². The molecule has 0 aliphatic rings. The SMILES string of the molecule is [B]c1cccc(-c2cccc(Cc3ccccc3)c2)c1. The van der Waals surface area contributed by atoms with E-state index in [1.54, 1.807) is 0 Å². The first-order chi connectivity index (χ1) is 9.81. The molecule has 20 heavy (non-hydrogen) atoms. The Morgan fingerprint density at radius 2 is 1.25 bits per heavy atom. The van der Waals surface area contributed by atoms with Gasteiger partial charge in [-0.05, 0) is 28.7 Å². The average Bonchev–Trinajstić information content (AvgIpc) is 2.49. The molecule has 0 amide bonds. The number of benzene rings is 3. The third-order valence-corrected chi connectivity index (χ3v) is 3.40. The minimum atomic E-state index is 0.802. The van der Waals surface area contributed by atoms with E-state index in [4.69, 9.17) is 7.85 Å². The topological polar surface area (TPSA) is 0 Å². The van der Waals surface area contributed by atoms with Crippen LogP contribution in [-0.4, -0.2) is 7.85 Å². The van der Waals surface area contributed by atoms with Crippen LogP contribution >= 0.6 is 0 Å². The highest BCUT2D eigenvalue weighted by molar-refractivity contribution is 6.32. The van der Waals surface area contributed by atoms with Crippen molar-refractivity contribution in [3.63, 3.8) is 0 Å². The predicted molar refractivity (Wildman–Crippen MR) is 86.5 cm³/mol. The molecule has 3 aromatic carbocycles. The minimum Gasteiger partial charge on any atom is -0.0961 e. The molecule has 0 spiro atoms. The van der Waals surface area contributed by atoms with Crippen LogP contribution in [0, 0.1) is 0 Å². The molecule has 0 atom stereocenters. The molecule has 3 rings (SSSR count). The lowest BCUT2D eigenvalue weighted by molar-refractivity contribution is 1.19. The second kappa shape index (κ2) is 5.79. The lowest BCUT2D eigenvalue weighted by Gasteiger charge is -2.07. The van der Waals surface area contributed by atoms with Crippen LogP contribution in [0.15, 0.2) is 78.9 Å². The summed E-state index contributed by atoms with van der Waals surface area (Å²) in [5.74, 6) is 0. The molecule has 0 aliphatic heterocycles. The van der Waals surface area contributed by atoms with E-state index in [9.17, 15) is 0 Å². The zero-order valence-corrected chi connectivity index (χ0v) is 11.3. The molecule has 1 heteroatoms. The fraction of sp³-hybridized carbons (Fsp3) is 0.0526. The fourth-order valence-corrected chi connectivity index (χ4v) is 2.41. The molecule has 0 N–H and O–H groups in total. The second-order valence-corrected chi connectivity index (χ2v) is 4.99. The maximum absolute atomic E-state index is 5.86. The van der Waals surface area contributed by atoms with Crippen molar-refractivity contribution in [2.24, 2.45) is 0 Å². The Morgan fingerprint density at radius 1 is 0.600 bits per heavy atom. The van der Waals surface area contributed by atoms with Crippen molar-refractivity contribution in [3.05, 3.63) is 90.0 Å². The van der Waals surface area contributed by atoms with Crippen LogP contribution in [0.3, 0.4) is 0 Å². The summed E-state index contributed by atoms with van der Waals surface area (Å²) in [4.78, 5) is 0. The fourth-order valence-electron chi connectivity index (χ4n) is 2.41. The molecule has 0 unspecified atom stereocenters. The van der Waals surface area contributed by atoms with Gasteiger partial charge in [0.15, 0.2) is 0 Å². The van der Waals surface area contributed by atoms with Crippen molar-refractivity contribution >= 4 is 13.3 Å². The lowest BCUT2D eigenvalue weighted by atomic mass is 9.91. The Balaban J connectivity index is 1.90. The average molecular weight is 254 g/mol. The van der Waals surface area contributed by atoms with Gasteiger partial charge < -0.3 is 0 Å². The van der Waals surface area contributed by atoms with Gasteiger partial charge in [0.2, 0.25) is 0 Å². The van der Waals surface area contributed by atoms with Crippen LogP contribution in [0.2, 0.25) is 0 Å². The molecule has 0 saturated carbocycles. The zero-order chi connectivity index (χ0) is 13.8. The van der Waals surface area contributed by atoms with Gasteiger partial charge in [-0.1, -0.05) is 84.3 Å². The van der Waals surface area contributed by atoms with Crippen molar-refractivity contribution < 1.29 is 0 Å². The van der Waals surface area contributed by atoms with Crippen LogP contribution in [-0.2, 0) is 6.42 Å². The highest BCUT2D eigenvalue weighted by Crippen LogP contribution is 2.20. The largest absolute Gasteiger partial charge is 0.113 e. The number of rotatable bonds is 3. The molecule has 2 radical (unpaired) electrons. The van der Waals surface area contributed by atoms with Crippen molar-refractivity contribution in [2.75, 3.05) is 0 Å². The summed E-state index contributed by atoms with van der Waals surface area (Å²) in [7, 11) is 5.86. The van der Waals surface area contributed by atoms with Gasteiger partial charge in [0.25, 0.3) is 0 Å². The standard InChI is InChI=1S/C19H15B/c20-19-11-5-10-18(14-19)17-9-4-8-16(13-17)12-15-6-2-1-3-7-15/h1-11,13-14H,12H2. The van der Waals surface area contributed by atoms with Crippen LogP contribution in [0.5, 0.6) is 0 Å². The Morgan fingerprint density at radius 3 is 2.00 bits per heavy atom. The van der Waals surface area contributed by atoms with E-state index < -0.39 is 0 Å². The van der Waals surface area contributed by atoms with Crippen molar-refractivity contribution in [2.45, 2.75) is 6.42 Å². The predicted octanol–water partition coefficient (Wildman–Crippen LogP) is 3.74. The van der Waals surface area contributed by atoms with Gasteiger partial charge in [0.1, 0.15) is 7.85 Å². The Kier molecular flexibility index (Phi) is 3.69. The van der Waals surface area contributed by atoms with E-state index in [0.717, 1.165) is 11.9 Å². The zero-order valence-electron chi connectivity index (χ0n) is 11.3. The van der Waals surface area contributed by atoms with E-state index >= 15 is 0 Å². The lowest BCUT2D eigenvalue weighted by Crippen LogP contribution is -2.00. The summed E-state index contributed by atoms with van der Waals surface area (Å²) < 4.78 is 0. The van der Waals surface area contributed by atoms with Gasteiger partial charge in [-0.2, -0.15) is 0 Å². The third kappa shape index (κ3) is 3.00. The summed E-state index contributed by atoms with van der Waals surface area (Å²) in [6, 6.07) is 27.2. The van der Waals surface area contributed by atoms with Gasteiger partial charge in [-0.25, -0.2) is 0 Å². The van der Waals surface area contributed by atoms with Crippen LogP contribution in [0.4, 0.5) is 0 Å². The van der Waals surface area contributed by atoms with E-state index in [1.807, 2.05) is 24.3 Å². The summed E-state index contributed by atoms with van der Waals surface area (Å²) in [5.41, 5.74) is 5.83. The summed E-state index contributed by atoms with van der Waals surface area (Å²) in [6.45, 7) is 0. The minimum absolute atomic E-state index is 0.802. The van der Waals surface area contributed by atoms with Crippen LogP contribution in [0.1, 0.15) is 11.1 Å². The van der Waals surface area contributed by atoms with Gasteiger partial charge in [0.05, 0.1) is 0 Å². The molecule has 0 nitrogen and oxygen atoms in total. The maximum Gasteiger partial charge on any atom is 0.113 e. The summed E-state index contributed by atoms with van der Waals surface area (Å²) in [6.07, 6.45) is 0.955. The quantitative estimate of drug-likeness (QED) is 0.624. The molecule has 94 valence electrons. The molecule has 0 saturated heterocycles. The van der Waals surface area contributed by atoms with Gasteiger partial charge in [0, 0.05) is 0 Å². The highest BCUT2D eigenvalue weighted by Gasteiger charge is 2.00. The first kappa shape index (κ1) is 12.7. The maximum atomic E-state index is 5.86. The Hall–Kier alpha value is -2.28. The molecule has 0 aromatic heterocycles. The van der Waals surface area contributed by atoms with Crippen molar-refractivity contribution in [1.82, 2.24) is 0 Å². The number of hydrogen-bond acceptors (Lipinski definition) is 0. The van der Waals surface area contributed by atoms with Crippen LogP contribution in [0.25, 0.3) is 11.1 Å². The number of hydrogen-bond donors (Lipinski definition) is 0. The normalized spacial score (nSPS) is 10.4. The van der Waals surface area contributed by atoms with E-state index in [-0.39, 0.29) is 0 Å². The Bertz CT molecular complexity index is 702. The highest BCUT2D eigenvalue weighted by atomic mass is 14.0. The van der Waals surface area contributed by atoms with Gasteiger partial charge >= 0.3 is 0 Å². The smallest absolute Gasteiger partial charge is 0.0961 e. The monoisotopic (exact) mass is 254 g/mol. The van der Waals surface area contributed by atoms with E-state index in [0.29, 0.717) is 0 Å². The van der Waals surface area contributed by atoms with Crippen molar-refractivity contribution in [1.29, 1.82) is 0 Å². The van der Waals surface area contributed by atoms with E-state index in [1.165, 1.54) is 22.3 Å². The third-order valence-electron chi connectivity index (χ3n) is 3.40. The molecular formula is C19H15B. The van der Waals surface area contributed by atoms with E-state index in [2.05, 4.69) is 54.6 Å². The second-order valence-electron chi connectivity index (χ2n) is 4.99. The first-order valence-corrected chi connectivity index (χ1v) is 6.80. The molecule has 0 heterocycles. The summed E-state index contributed by atoms with van der Waals surface area (Å²) >= 11 is 0. The van der Waals surface area contributed by atoms with Gasteiger partial charge in [-0.3, -0.25) is 0 Å². The molecule has 0 aliphatic carbocycles. The molecule has 0 fully saturated rings.